The van der Waals surface area contributed by atoms with Gasteiger partial charge in [-0.3, -0.25) is 4.68 Å². The molecule has 0 radical (unpaired) electrons. The Morgan fingerprint density at radius 3 is 2.57 bits per heavy atom. The summed E-state index contributed by atoms with van der Waals surface area (Å²) in [6.45, 7) is 14.0. The number of rotatable bonds is 8. The molecule has 1 aromatic rings. The molecule has 7 nitrogen and oxygen atoms in total. The fourth-order valence-electron chi connectivity index (χ4n) is 3.85. The van der Waals surface area contributed by atoms with Gasteiger partial charge in [0.25, 0.3) is 0 Å². The van der Waals surface area contributed by atoms with E-state index < -0.39 is 5.60 Å². The molecule has 162 valence electrons. The third-order valence-electron chi connectivity index (χ3n) is 5.10. The van der Waals surface area contributed by atoms with Crippen LogP contribution in [-0.2, 0) is 12.6 Å². The molecule has 0 saturated carbocycles. The molecule has 3 atom stereocenters. The molecule has 0 spiro atoms. The van der Waals surface area contributed by atoms with E-state index in [-0.39, 0.29) is 30.5 Å². The van der Waals surface area contributed by atoms with Gasteiger partial charge in [0.2, 0.25) is 0 Å². The van der Waals surface area contributed by atoms with Gasteiger partial charge in [-0.25, -0.2) is 4.99 Å². The molecule has 0 aromatic carbocycles. The van der Waals surface area contributed by atoms with Gasteiger partial charge >= 0.3 is 0 Å². The van der Waals surface area contributed by atoms with Crippen LogP contribution in [0.2, 0.25) is 0 Å². The molecule has 28 heavy (non-hydrogen) atoms. The average Bonchev–Trinajstić information content (AvgIpc) is 3.03. The lowest BCUT2D eigenvalue weighted by Crippen LogP contribution is -2.42. The maximum atomic E-state index is 10.7. The maximum Gasteiger partial charge on any atom is 0.191 e. The fourth-order valence-corrected chi connectivity index (χ4v) is 3.85. The van der Waals surface area contributed by atoms with Crippen molar-refractivity contribution in [3.63, 3.8) is 0 Å². The predicted molar refractivity (Wildman–Crippen MR) is 126 cm³/mol. The van der Waals surface area contributed by atoms with Gasteiger partial charge in [-0.2, -0.15) is 5.10 Å². The van der Waals surface area contributed by atoms with Gasteiger partial charge in [0.1, 0.15) is 5.60 Å². The minimum Gasteiger partial charge on any atom is -0.383 e. The Bertz CT molecular complexity index is 593. The van der Waals surface area contributed by atoms with E-state index in [1.165, 1.54) is 19.5 Å². The fraction of sp³-hybridized carbons (Fsp3) is 0.800. The Labute approximate surface area is 187 Å². The van der Waals surface area contributed by atoms with Crippen molar-refractivity contribution < 1.29 is 5.11 Å². The summed E-state index contributed by atoms with van der Waals surface area (Å²) in [5.41, 5.74) is -0.255. The minimum atomic E-state index is -1.03. The molecule has 1 aliphatic heterocycles. The van der Waals surface area contributed by atoms with Crippen LogP contribution in [0.5, 0.6) is 0 Å². The van der Waals surface area contributed by atoms with Gasteiger partial charge in [-0.1, -0.05) is 13.8 Å². The molecule has 2 heterocycles. The molecule has 2 rings (SSSR count). The quantitative estimate of drug-likeness (QED) is 0.218. The van der Waals surface area contributed by atoms with Crippen LogP contribution < -0.4 is 10.6 Å². The van der Waals surface area contributed by atoms with Crippen molar-refractivity contribution in [1.29, 1.82) is 0 Å². The summed E-state index contributed by atoms with van der Waals surface area (Å²) in [5, 5.41) is 21.5. The SMILES string of the molecule is CCNC(=NCC(C)(O)c1cnn(C)c1)NCCCN1CC(C)CC(C)C1.I. The van der Waals surface area contributed by atoms with Gasteiger partial charge in [0.15, 0.2) is 5.96 Å². The van der Waals surface area contributed by atoms with Crippen LogP contribution in [0.25, 0.3) is 0 Å². The number of likely N-dealkylation sites (tertiary alicyclic amines) is 1. The Kier molecular flexibility index (Phi) is 10.8. The summed E-state index contributed by atoms with van der Waals surface area (Å²) in [6, 6.07) is 0. The summed E-state index contributed by atoms with van der Waals surface area (Å²) >= 11 is 0. The number of piperidine rings is 1. The lowest BCUT2D eigenvalue weighted by Gasteiger charge is -2.35. The number of guanidine groups is 1. The predicted octanol–water partition coefficient (Wildman–Crippen LogP) is 2.17. The summed E-state index contributed by atoms with van der Waals surface area (Å²) in [5.74, 6) is 2.35. The van der Waals surface area contributed by atoms with Gasteiger partial charge in [0, 0.05) is 45.0 Å². The lowest BCUT2D eigenvalue weighted by atomic mass is 9.92. The summed E-state index contributed by atoms with van der Waals surface area (Å²) in [4.78, 5) is 7.15. The molecule has 0 aliphatic carbocycles. The second-order valence-corrected chi connectivity index (χ2v) is 8.36. The zero-order valence-corrected chi connectivity index (χ0v) is 20.4. The number of aryl methyl sites for hydroxylation is 1. The van der Waals surface area contributed by atoms with E-state index in [2.05, 4.69) is 39.5 Å². The number of aliphatic hydroxyl groups is 1. The highest BCUT2D eigenvalue weighted by Crippen LogP contribution is 2.21. The van der Waals surface area contributed by atoms with Crippen molar-refractivity contribution in [3.05, 3.63) is 18.0 Å². The zero-order valence-electron chi connectivity index (χ0n) is 18.1. The van der Waals surface area contributed by atoms with Crippen LogP contribution in [0.15, 0.2) is 17.4 Å². The third kappa shape index (κ3) is 8.24. The molecule has 1 aromatic heterocycles. The minimum absolute atomic E-state index is 0. The van der Waals surface area contributed by atoms with Crippen LogP contribution in [0.3, 0.4) is 0 Å². The smallest absolute Gasteiger partial charge is 0.191 e. The molecule has 0 bridgehead atoms. The molecule has 8 heteroatoms. The van der Waals surface area contributed by atoms with Crippen molar-refractivity contribution in [2.24, 2.45) is 23.9 Å². The summed E-state index contributed by atoms with van der Waals surface area (Å²) in [6.07, 6.45) is 5.96. The third-order valence-corrected chi connectivity index (χ3v) is 5.10. The monoisotopic (exact) mass is 506 g/mol. The molecular formula is C20H39IN6O. The topological polar surface area (TPSA) is 77.7 Å². The van der Waals surface area contributed by atoms with Crippen LogP contribution in [0.4, 0.5) is 0 Å². The van der Waals surface area contributed by atoms with Crippen molar-refractivity contribution in [2.45, 2.75) is 46.1 Å². The molecule has 3 unspecified atom stereocenters. The van der Waals surface area contributed by atoms with E-state index in [1.807, 2.05) is 20.2 Å². The number of halogens is 1. The van der Waals surface area contributed by atoms with E-state index >= 15 is 0 Å². The first kappa shape index (κ1) is 25.2. The number of nitrogens with zero attached hydrogens (tertiary/aromatic N) is 4. The first-order chi connectivity index (χ1) is 12.8. The number of aliphatic imine (C=N–C) groups is 1. The first-order valence-electron chi connectivity index (χ1n) is 10.3. The van der Waals surface area contributed by atoms with Crippen LogP contribution >= 0.6 is 24.0 Å². The normalized spacial score (nSPS) is 23.0. The molecule has 3 N–H and O–H groups in total. The zero-order chi connectivity index (χ0) is 19.9. The van der Waals surface area contributed by atoms with Crippen molar-refractivity contribution in [3.8, 4) is 0 Å². The van der Waals surface area contributed by atoms with E-state index in [1.54, 1.807) is 17.8 Å². The maximum absolute atomic E-state index is 10.7. The molecule has 1 fully saturated rings. The first-order valence-corrected chi connectivity index (χ1v) is 10.3. The van der Waals surface area contributed by atoms with Gasteiger partial charge in [-0.05, 0) is 45.1 Å². The van der Waals surface area contributed by atoms with Crippen LogP contribution in [-0.4, -0.2) is 65.0 Å². The summed E-state index contributed by atoms with van der Waals surface area (Å²) < 4.78 is 1.69. The highest BCUT2D eigenvalue weighted by atomic mass is 127. The van der Waals surface area contributed by atoms with Gasteiger partial charge < -0.3 is 20.6 Å². The molecule has 1 aliphatic rings. The Morgan fingerprint density at radius 2 is 2.00 bits per heavy atom. The van der Waals surface area contributed by atoms with Gasteiger partial charge in [0.05, 0.1) is 12.7 Å². The largest absolute Gasteiger partial charge is 0.383 e. The van der Waals surface area contributed by atoms with Crippen molar-refractivity contribution >= 4 is 29.9 Å². The van der Waals surface area contributed by atoms with Gasteiger partial charge in [-0.15, -0.1) is 24.0 Å². The Hall–Kier alpha value is -0.870. The second kappa shape index (κ2) is 12.0. The van der Waals surface area contributed by atoms with Crippen molar-refractivity contribution in [1.82, 2.24) is 25.3 Å². The molecular weight excluding hydrogens is 467 g/mol. The van der Waals surface area contributed by atoms with Crippen LogP contribution in [0.1, 0.15) is 46.1 Å². The number of hydrogen-bond acceptors (Lipinski definition) is 4. The number of aromatic nitrogens is 2. The van der Waals surface area contributed by atoms with E-state index in [4.69, 9.17) is 0 Å². The van der Waals surface area contributed by atoms with Crippen LogP contribution in [0, 0.1) is 11.8 Å². The van der Waals surface area contributed by atoms with E-state index in [0.29, 0.717) is 0 Å². The molecule has 1 saturated heterocycles. The summed E-state index contributed by atoms with van der Waals surface area (Å²) in [7, 11) is 1.85. The Balaban J connectivity index is 0.00000392. The highest BCUT2D eigenvalue weighted by molar-refractivity contribution is 14.0. The Morgan fingerprint density at radius 1 is 1.32 bits per heavy atom. The number of nitrogens with one attached hydrogen (secondary N) is 2. The molecule has 0 amide bonds. The highest BCUT2D eigenvalue weighted by Gasteiger charge is 2.24. The van der Waals surface area contributed by atoms with E-state index in [0.717, 1.165) is 49.4 Å². The lowest BCUT2D eigenvalue weighted by molar-refractivity contribution is 0.0672. The number of hydrogen-bond donors (Lipinski definition) is 3. The second-order valence-electron chi connectivity index (χ2n) is 8.36. The standard InChI is InChI=1S/C20H38N6O.HI/c1-6-21-19(23-15-20(4,27)18-11-24-25(5)14-18)22-8-7-9-26-12-16(2)10-17(3)13-26;/h11,14,16-17,27H,6-10,12-13,15H2,1-5H3,(H2,21,22,23);1H. The van der Waals surface area contributed by atoms with E-state index in [9.17, 15) is 5.11 Å². The van der Waals surface area contributed by atoms with Crippen molar-refractivity contribution in [2.75, 3.05) is 39.3 Å². The average molecular weight is 506 g/mol.